The van der Waals surface area contributed by atoms with E-state index in [0.717, 1.165) is 11.8 Å². The van der Waals surface area contributed by atoms with E-state index in [1.165, 1.54) is 25.7 Å². The average molecular weight is 250 g/mol. The highest BCUT2D eigenvalue weighted by molar-refractivity contribution is 5.02. The Bertz CT molecular complexity index is 238. The summed E-state index contributed by atoms with van der Waals surface area (Å²) in [6, 6.07) is 0. The van der Waals surface area contributed by atoms with Crippen LogP contribution in [0.5, 0.6) is 0 Å². The minimum Gasteiger partial charge on any atom is -0.373 e. The van der Waals surface area contributed by atoms with Crippen molar-refractivity contribution in [1.82, 2.24) is 0 Å². The molecule has 0 spiro atoms. The van der Waals surface area contributed by atoms with Gasteiger partial charge >= 0.3 is 0 Å². The molecule has 0 fully saturated rings. The van der Waals surface area contributed by atoms with Gasteiger partial charge in [-0.15, -0.1) is 6.58 Å². The Morgan fingerprint density at radius 2 is 1.72 bits per heavy atom. The Hall–Kier alpha value is -0.820. The molecule has 1 atom stereocenters. The lowest BCUT2D eigenvalue weighted by Gasteiger charge is -2.09. The highest BCUT2D eigenvalue weighted by Gasteiger charge is 2.00. The molecule has 104 valence electrons. The van der Waals surface area contributed by atoms with Crippen molar-refractivity contribution in [3.8, 4) is 0 Å². The first-order valence-corrected chi connectivity index (χ1v) is 7.17. The van der Waals surface area contributed by atoms with Gasteiger partial charge in [-0.2, -0.15) is 0 Å². The van der Waals surface area contributed by atoms with Crippen LogP contribution < -0.4 is 0 Å². The van der Waals surface area contributed by atoms with Crippen molar-refractivity contribution in [2.75, 3.05) is 13.2 Å². The second kappa shape index (κ2) is 12.6. The summed E-state index contributed by atoms with van der Waals surface area (Å²) < 4.78 is 5.25. The maximum atomic E-state index is 5.25. The summed E-state index contributed by atoms with van der Waals surface area (Å²) in [5.41, 5.74) is 0. The topological polar surface area (TPSA) is 9.23 Å². The van der Waals surface area contributed by atoms with Gasteiger partial charge in [-0.05, 0) is 18.3 Å². The lowest BCUT2D eigenvalue weighted by molar-refractivity contribution is 0.194. The number of hydrogen-bond acceptors (Lipinski definition) is 1. The predicted octanol–water partition coefficient (Wildman–Crippen LogP) is 5.15. The van der Waals surface area contributed by atoms with Gasteiger partial charge in [-0.3, -0.25) is 0 Å². The van der Waals surface area contributed by atoms with Crippen molar-refractivity contribution in [1.29, 1.82) is 0 Å². The van der Waals surface area contributed by atoms with Crippen LogP contribution in [0.3, 0.4) is 0 Å². The first-order chi connectivity index (χ1) is 8.66. The smallest absolute Gasteiger partial charge is 0.0654 e. The minimum absolute atomic E-state index is 0.626. The van der Waals surface area contributed by atoms with Gasteiger partial charge in [-0.1, -0.05) is 70.4 Å². The molecule has 0 rings (SSSR count). The molecule has 0 aromatic rings. The summed E-state index contributed by atoms with van der Waals surface area (Å²) in [7, 11) is 0. The standard InChI is InChI=1S/C17H30O/c1-5-14-18-15-9-7-6-8-12-17(4)13-10-11-16(2)3/h5-9,16-17H,1,10-15H2,2-4H3. The summed E-state index contributed by atoms with van der Waals surface area (Å²) in [6.07, 6.45) is 15.5. The van der Waals surface area contributed by atoms with Crippen LogP contribution >= 0.6 is 0 Å². The highest BCUT2D eigenvalue weighted by atomic mass is 16.5. The molecule has 1 heteroatoms. The Morgan fingerprint density at radius 3 is 2.39 bits per heavy atom. The van der Waals surface area contributed by atoms with Gasteiger partial charge < -0.3 is 4.74 Å². The normalized spacial score (nSPS) is 13.8. The maximum Gasteiger partial charge on any atom is 0.0654 e. The molecule has 1 unspecified atom stereocenters. The number of ether oxygens (including phenoxy) is 1. The van der Waals surface area contributed by atoms with Gasteiger partial charge in [0.2, 0.25) is 0 Å². The van der Waals surface area contributed by atoms with Crippen LogP contribution in [-0.4, -0.2) is 13.2 Å². The Balaban J connectivity index is 3.46. The lowest BCUT2D eigenvalue weighted by Crippen LogP contribution is -1.95. The molecular weight excluding hydrogens is 220 g/mol. The van der Waals surface area contributed by atoms with E-state index in [0.29, 0.717) is 13.2 Å². The fraction of sp³-hybridized carbons (Fsp3) is 0.647. The van der Waals surface area contributed by atoms with Crippen LogP contribution in [0.1, 0.15) is 46.5 Å². The van der Waals surface area contributed by atoms with Crippen LogP contribution in [-0.2, 0) is 4.74 Å². The van der Waals surface area contributed by atoms with Gasteiger partial charge in [0.15, 0.2) is 0 Å². The zero-order chi connectivity index (χ0) is 13.6. The van der Waals surface area contributed by atoms with Gasteiger partial charge in [0.1, 0.15) is 0 Å². The summed E-state index contributed by atoms with van der Waals surface area (Å²) >= 11 is 0. The van der Waals surface area contributed by atoms with Crippen LogP contribution in [0.4, 0.5) is 0 Å². The van der Waals surface area contributed by atoms with Crippen molar-refractivity contribution in [2.24, 2.45) is 11.8 Å². The van der Waals surface area contributed by atoms with E-state index in [1.54, 1.807) is 6.08 Å². The van der Waals surface area contributed by atoms with E-state index in [9.17, 15) is 0 Å². The molecule has 0 heterocycles. The van der Waals surface area contributed by atoms with E-state index in [1.807, 2.05) is 6.08 Å². The van der Waals surface area contributed by atoms with Crippen molar-refractivity contribution in [3.63, 3.8) is 0 Å². The van der Waals surface area contributed by atoms with Crippen molar-refractivity contribution >= 4 is 0 Å². The third-order valence-corrected chi connectivity index (χ3v) is 2.85. The Kier molecular flexibility index (Phi) is 12.1. The van der Waals surface area contributed by atoms with E-state index in [2.05, 4.69) is 45.6 Å². The second-order valence-corrected chi connectivity index (χ2v) is 5.35. The first-order valence-electron chi connectivity index (χ1n) is 7.17. The number of allylic oxidation sites excluding steroid dienone is 3. The number of rotatable bonds is 11. The molecule has 0 aliphatic rings. The molecule has 0 N–H and O–H groups in total. The second-order valence-electron chi connectivity index (χ2n) is 5.35. The maximum absolute atomic E-state index is 5.25. The van der Waals surface area contributed by atoms with Gasteiger partial charge in [0.25, 0.3) is 0 Å². The van der Waals surface area contributed by atoms with E-state index >= 15 is 0 Å². The largest absolute Gasteiger partial charge is 0.373 e. The Labute approximate surface area is 114 Å². The molecule has 1 nitrogen and oxygen atoms in total. The minimum atomic E-state index is 0.626. The van der Waals surface area contributed by atoms with Crippen LogP contribution in [0, 0.1) is 11.8 Å². The van der Waals surface area contributed by atoms with Crippen molar-refractivity contribution in [3.05, 3.63) is 37.0 Å². The van der Waals surface area contributed by atoms with E-state index in [4.69, 9.17) is 4.74 Å². The van der Waals surface area contributed by atoms with Crippen LogP contribution in [0.2, 0.25) is 0 Å². The molecule has 0 radical (unpaired) electrons. The van der Waals surface area contributed by atoms with E-state index in [-0.39, 0.29) is 0 Å². The van der Waals surface area contributed by atoms with E-state index < -0.39 is 0 Å². The van der Waals surface area contributed by atoms with Crippen molar-refractivity contribution in [2.45, 2.75) is 46.5 Å². The molecule has 0 aromatic carbocycles. The molecule has 0 aliphatic carbocycles. The average Bonchev–Trinajstić information content (AvgIpc) is 2.32. The third kappa shape index (κ3) is 13.2. The molecule has 0 bridgehead atoms. The summed E-state index contributed by atoms with van der Waals surface area (Å²) in [5, 5.41) is 0. The molecule has 0 aromatic heterocycles. The monoisotopic (exact) mass is 250 g/mol. The lowest BCUT2D eigenvalue weighted by atomic mass is 9.97. The Morgan fingerprint density at radius 1 is 1.00 bits per heavy atom. The first kappa shape index (κ1) is 17.2. The summed E-state index contributed by atoms with van der Waals surface area (Å²) in [6.45, 7) is 11.8. The number of hydrogen-bond donors (Lipinski definition) is 0. The summed E-state index contributed by atoms with van der Waals surface area (Å²) in [5.74, 6) is 1.64. The summed E-state index contributed by atoms with van der Waals surface area (Å²) in [4.78, 5) is 0. The van der Waals surface area contributed by atoms with Gasteiger partial charge in [0, 0.05) is 0 Å². The van der Waals surface area contributed by atoms with Crippen LogP contribution in [0.25, 0.3) is 0 Å². The zero-order valence-corrected chi connectivity index (χ0v) is 12.4. The van der Waals surface area contributed by atoms with Crippen LogP contribution in [0.15, 0.2) is 37.0 Å². The fourth-order valence-corrected chi connectivity index (χ4v) is 1.74. The molecular formula is C17H30O. The van der Waals surface area contributed by atoms with Crippen molar-refractivity contribution < 1.29 is 4.74 Å². The molecule has 0 aliphatic heterocycles. The highest BCUT2D eigenvalue weighted by Crippen LogP contribution is 2.15. The third-order valence-electron chi connectivity index (χ3n) is 2.85. The van der Waals surface area contributed by atoms with Gasteiger partial charge in [-0.25, -0.2) is 0 Å². The quantitative estimate of drug-likeness (QED) is 0.280. The molecule has 0 saturated carbocycles. The molecule has 18 heavy (non-hydrogen) atoms. The zero-order valence-electron chi connectivity index (χ0n) is 12.4. The SMILES string of the molecule is C=CCOCC=CC=CCC(C)CCCC(C)C. The predicted molar refractivity (Wildman–Crippen MR) is 81.8 cm³/mol. The molecule has 0 amide bonds. The fourth-order valence-electron chi connectivity index (χ4n) is 1.74. The molecule has 0 saturated heterocycles. The van der Waals surface area contributed by atoms with Gasteiger partial charge in [0.05, 0.1) is 13.2 Å².